The average molecular weight is 332 g/mol. The van der Waals surface area contributed by atoms with Crippen LogP contribution in [-0.4, -0.2) is 81.9 Å². The van der Waals surface area contributed by atoms with Crippen molar-refractivity contribution in [3.05, 3.63) is 0 Å². The van der Waals surface area contributed by atoms with Crippen molar-refractivity contribution in [1.29, 1.82) is 0 Å². The van der Waals surface area contributed by atoms with Gasteiger partial charge >= 0.3 is 12.1 Å². The van der Waals surface area contributed by atoms with E-state index in [1.807, 2.05) is 0 Å². The molecule has 0 aliphatic carbocycles. The van der Waals surface area contributed by atoms with E-state index in [1.54, 1.807) is 0 Å². The van der Waals surface area contributed by atoms with Gasteiger partial charge in [0.15, 0.2) is 0 Å². The quantitative estimate of drug-likeness (QED) is 0.413. The average Bonchev–Trinajstić information content (AvgIpc) is 2.51. The summed E-state index contributed by atoms with van der Waals surface area (Å²) in [5.41, 5.74) is 0. The lowest BCUT2D eigenvalue weighted by atomic mass is 10.3. The van der Waals surface area contributed by atoms with Crippen LogP contribution in [0.15, 0.2) is 0 Å². The molecule has 0 N–H and O–H groups in total. The van der Waals surface area contributed by atoms with Gasteiger partial charge in [-0.25, -0.2) is 4.79 Å². The molecule has 2 amide bonds. The molecule has 0 heterocycles. The third-order valence-corrected chi connectivity index (χ3v) is 3.00. The standard InChI is InChI=1S/C15H28N2O6/c1-5-6-7-8-22-14(19)12-16(2)13(18)11-17(3)15(20)23-10-9-21-4/h5-12H2,1-4H3. The smallest absolute Gasteiger partial charge is 0.410 e. The number of esters is 1. The monoisotopic (exact) mass is 332 g/mol. The Morgan fingerprint density at radius 2 is 1.57 bits per heavy atom. The van der Waals surface area contributed by atoms with Crippen LogP contribution in [0.25, 0.3) is 0 Å². The van der Waals surface area contributed by atoms with E-state index < -0.39 is 12.1 Å². The molecule has 0 aliphatic heterocycles. The van der Waals surface area contributed by atoms with Crippen LogP contribution in [0.5, 0.6) is 0 Å². The Morgan fingerprint density at radius 3 is 2.17 bits per heavy atom. The van der Waals surface area contributed by atoms with E-state index in [0.717, 1.165) is 24.2 Å². The molecule has 0 saturated carbocycles. The van der Waals surface area contributed by atoms with E-state index in [2.05, 4.69) is 6.92 Å². The highest BCUT2D eigenvalue weighted by molar-refractivity contribution is 5.85. The number of carbonyl (C=O) groups excluding carboxylic acids is 3. The van der Waals surface area contributed by atoms with E-state index in [0.29, 0.717) is 6.61 Å². The van der Waals surface area contributed by atoms with Gasteiger partial charge in [0.1, 0.15) is 19.7 Å². The van der Waals surface area contributed by atoms with Crippen molar-refractivity contribution < 1.29 is 28.6 Å². The lowest BCUT2D eigenvalue weighted by Crippen LogP contribution is -2.42. The molecule has 0 rings (SSSR count). The number of nitrogens with zero attached hydrogens (tertiary/aromatic N) is 2. The molecule has 8 nitrogen and oxygen atoms in total. The Kier molecular flexibility index (Phi) is 11.7. The normalized spacial score (nSPS) is 10.1. The first-order chi connectivity index (χ1) is 10.9. The molecule has 23 heavy (non-hydrogen) atoms. The molecular formula is C15H28N2O6. The Hall–Kier alpha value is -1.83. The van der Waals surface area contributed by atoms with E-state index in [4.69, 9.17) is 14.2 Å². The molecule has 0 unspecified atom stereocenters. The fourth-order valence-electron chi connectivity index (χ4n) is 1.58. The van der Waals surface area contributed by atoms with Gasteiger partial charge < -0.3 is 24.0 Å². The number of ether oxygens (including phenoxy) is 3. The fourth-order valence-corrected chi connectivity index (χ4v) is 1.58. The Bertz CT molecular complexity index is 375. The van der Waals surface area contributed by atoms with Crippen LogP contribution in [0.1, 0.15) is 26.2 Å². The van der Waals surface area contributed by atoms with Crippen LogP contribution in [0, 0.1) is 0 Å². The molecule has 0 aromatic carbocycles. The third kappa shape index (κ3) is 10.5. The minimum Gasteiger partial charge on any atom is -0.464 e. The van der Waals surface area contributed by atoms with Gasteiger partial charge in [0.05, 0.1) is 13.2 Å². The van der Waals surface area contributed by atoms with Crippen molar-refractivity contribution in [1.82, 2.24) is 9.80 Å². The Balaban J connectivity index is 4.03. The predicted octanol–water partition coefficient (Wildman–Crippen LogP) is 0.893. The summed E-state index contributed by atoms with van der Waals surface area (Å²) in [6, 6.07) is 0. The SMILES string of the molecule is CCCCCOC(=O)CN(C)C(=O)CN(C)C(=O)OCCOC. The lowest BCUT2D eigenvalue weighted by molar-refractivity contribution is -0.148. The second-order valence-electron chi connectivity index (χ2n) is 5.14. The second-order valence-corrected chi connectivity index (χ2v) is 5.14. The minimum absolute atomic E-state index is 0.119. The third-order valence-electron chi connectivity index (χ3n) is 3.00. The molecule has 0 aromatic rings. The Labute approximate surface area is 137 Å². The molecule has 8 heteroatoms. The second kappa shape index (κ2) is 12.7. The van der Waals surface area contributed by atoms with Gasteiger partial charge in [-0.3, -0.25) is 9.59 Å². The number of amides is 2. The summed E-state index contributed by atoms with van der Waals surface area (Å²) in [5, 5.41) is 0. The number of hydrogen-bond acceptors (Lipinski definition) is 6. The van der Waals surface area contributed by atoms with Crippen molar-refractivity contribution in [2.24, 2.45) is 0 Å². The van der Waals surface area contributed by atoms with Gasteiger partial charge in [-0.05, 0) is 6.42 Å². The van der Waals surface area contributed by atoms with E-state index in [1.165, 1.54) is 26.1 Å². The topological polar surface area (TPSA) is 85.4 Å². The van der Waals surface area contributed by atoms with Crippen molar-refractivity contribution in [3.63, 3.8) is 0 Å². The largest absolute Gasteiger partial charge is 0.464 e. The molecule has 0 spiro atoms. The zero-order valence-corrected chi connectivity index (χ0v) is 14.5. The molecule has 0 aliphatic rings. The number of rotatable bonds is 11. The Morgan fingerprint density at radius 1 is 0.870 bits per heavy atom. The first-order valence-electron chi connectivity index (χ1n) is 7.68. The van der Waals surface area contributed by atoms with Gasteiger partial charge in [0, 0.05) is 21.2 Å². The first-order valence-corrected chi connectivity index (χ1v) is 7.68. The number of unbranched alkanes of at least 4 members (excludes halogenated alkanes) is 2. The summed E-state index contributed by atoms with van der Waals surface area (Å²) in [4.78, 5) is 37.5. The first kappa shape index (κ1) is 21.2. The van der Waals surface area contributed by atoms with E-state index >= 15 is 0 Å². The van der Waals surface area contributed by atoms with Crippen LogP contribution < -0.4 is 0 Å². The van der Waals surface area contributed by atoms with Gasteiger partial charge in [0.2, 0.25) is 5.91 Å². The zero-order chi connectivity index (χ0) is 17.7. The molecule has 0 aromatic heterocycles. The van der Waals surface area contributed by atoms with Crippen LogP contribution in [-0.2, 0) is 23.8 Å². The summed E-state index contributed by atoms with van der Waals surface area (Å²) in [6.07, 6.45) is 2.24. The highest BCUT2D eigenvalue weighted by Gasteiger charge is 2.19. The van der Waals surface area contributed by atoms with Crippen molar-refractivity contribution in [3.8, 4) is 0 Å². The van der Waals surface area contributed by atoms with Crippen molar-refractivity contribution in [2.75, 3.05) is 54.1 Å². The molecule has 134 valence electrons. The summed E-state index contributed by atoms with van der Waals surface area (Å²) >= 11 is 0. The highest BCUT2D eigenvalue weighted by Crippen LogP contribution is 1.97. The minimum atomic E-state index is -0.619. The summed E-state index contributed by atoms with van der Waals surface area (Å²) in [5.74, 6) is -0.830. The number of methoxy groups -OCH3 is 1. The van der Waals surface area contributed by atoms with Crippen LogP contribution in [0.3, 0.4) is 0 Å². The lowest BCUT2D eigenvalue weighted by Gasteiger charge is -2.21. The summed E-state index contributed by atoms with van der Waals surface area (Å²) in [7, 11) is 4.43. The maximum atomic E-state index is 11.9. The van der Waals surface area contributed by atoms with E-state index in [9.17, 15) is 14.4 Å². The summed E-state index contributed by atoms with van der Waals surface area (Å²) < 4.78 is 14.7. The van der Waals surface area contributed by atoms with Crippen LogP contribution in [0.2, 0.25) is 0 Å². The molecule has 0 radical (unpaired) electrons. The molecule has 0 saturated heterocycles. The number of likely N-dealkylation sites (N-methyl/N-ethyl adjacent to an activating group) is 2. The maximum Gasteiger partial charge on any atom is 0.410 e. The molecule has 0 atom stereocenters. The molecular weight excluding hydrogens is 304 g/mol. The maximum absolute atomic E-state index is 11.9. The molecule has 0 fully saturated rings. The van der Waals surface area contributed by atoms with Gasteiger partial charge in [0.25, 0.3) is 0 Å². The summed E-state index contributed by atoms with van der Waals surface area (Å²) in [6.45, 7) is 2.51. The highest BCUT2D eigenvalue weighted by atomic mass is 16.6. The predicted molar refractivity (Wildman–Crippen MR) is 84.0 cm³/mol. The zero-order valence-electron chi connectivity index (χ0n) is 14.5. The van der Waals surface area contributed by atoms with E-state index in [-0.39, 0.29) is 32.2 Å². The number of carbonyl (C=O) groups is 3. The van der Waals surface area contributed by atoms with Crippen LogP contribution >= 0.6 is 0 Å². The van der Waals surface area contributed by atoms with Crippen LogP contribution in [0.4, 0.5) is 4.79 Å². The molecule has 0 bridgehead atoms. The van der Waals surface area contributed by atoms with Crippen molar-refractivity contribution in [2.45, 2.75) is 26.2 Å². The van der Waals surface area contributed by atoms with Gasteiger partial charge in [-0.2, -0.15) is 0 Å². The fraction of sp³-hybridized carbons (Fsp3) is 0.800. The number of hydrogen-bond donors (Lipinski definition) is 0. The van der Waals surface area contributed by atoms with Crippen molar-refractivity contribution >= 4 is 18.0 Å². The van der Waals surface area contributed by atoms with Gasteiger partial charge in [-0.1, -0.05) is 19.8 Å². The van der Waals surface area contributed by atoms with Gasteiger partial charge in [-0.15, -0.1) is 0 Å².